The predicted molar refractivity (Wildman–Crippen MR) is 134 cm³/mol. The summed E-state index contributed by atoms with van der Waals surface area (Å²) in [6.45, 7) is 7.65. The summed E-state index contributed by atoms with van der Waals surface area (Å²) in [5, 5.41) is 11.3. The highest BCUT2D eigenvalue weighted by Gasteiger charge is 2.50. The van der Waals surface area contributed by atoms with E-state index in [1.807, 2.05) is 32.0 Å². The minimum absolute atomic E-state index is 0.00311. The average Bonchev–Trinajstić information content (AvgIpc) is 3.18. The van der Waals surface area contributed by atoms with Crippen LogP contribution in [0.2, 0.25) is 0 Å². The van der Waals surface area contributed by atoms with Crippen LogP contribution in [0, 0.1) is 5.41 Å². The average molecular weight is 479 g/mol. The number of ether oxygens (including phenoxy) is 2. The Kier molecular flexibility index (Phi) is 5.86. The lowest BCUT2D eigenvalue weighted by Crippen LogP contribution is -2.66. The summed E-state index contributed by atoms with van der Waals surface area (Å²) in [6.07, 6.45) is -0.991. The molecule has 2 saturated heterocycles. The van der Waals surface area contributed by atoms with Gasteiger partial charge in [0.15, 0.2) is 6.29 Å². The van der Waals surface area contributed by atoms with Gasteiger partial charge in [0, 0.05) is 48.0 Å². The van der Waals surface area contributed by atoms with E-state index in [0.29, 0.717) is 29.9 Å². The Hall–Kier alpha value is -3.27. The second kappa shape index (κ2) is 8.75. The molecule has 0 radical (unpaired) electrons. The molecule has 184 valence electrons. The number of hydrogen-bond donors (Lipinski definition) is 2. The lowest BCUT2D eigenvalue weighted by Gasteiger charge is -2.56. The van der Waals surface area contributed by atoms with Gasteiger partial charge in [0.05, 0.1) is 54.4 Å². The topological polar surface area (TPSA) is 120 Å². The molecule has 3 aromatic rings. The Morgan fingerprint density at radius 1 is 1.29 bits per heavy atom. The smallest absolute Gasteiger partial charge is 0.257 e. The summed E-state index contributed by atoms with van der Waals surface area (Å²) < 4.78 is 12.3. The van der Waals surface area contributed by atoms with Gasteiger partial charge in [-0.2, -0.15) is 0 Å². The number of fused-ring (bicyclic) bond motifs is 4. The molecule has 1 aromatic carbocycles. The van der Waals surface area contributed by atoms with Crippen LogP contribution in [0.25, 0.3) is 22.3 Å². The van der Waals surface area contributed by atoms with Crippen molar-refractivity contribution in [2.75, 3.05) is 44.0 Å². The molecular weight excluding hydrogens is 448 g/mol. The van der Waals surface area contributed by atoms with E-state index in [1.165, 1.54) is 7.11 Å². The summed E-state index contributed by atoms with van der Waals surface area (Å²) in [7, 11) is 1.48. The number of pyridine rings is 2. The minimum Gasteiger partial charge on any atom is -0.399 e. The number of carbonyl (C=O) groups excluding carboxylic acids is 1. The van der Waals surface area contributed by atoms with E-state index >= 15 is 0 Å². The van der Waals surface area contributed by atoms with E-state index in [1.54, 1.807) is 10.6 Å². The lowest BCUT2D eigenvalue weighted by atomic mass is 9.77. The number of nitrogens with zero attached hydrogens (tertiary/aromatic N) is 3. The molecule has 0 amide bonds. The Balaban J connectivity index is 0.00000124. The van der Waals surface area contributed by atoms with Gasteiger partial charge >= 0.3 is 0 Å². The molecule has 9 nitrogen and oxygen atoms in total. The number of aromatic nitrogens is 2. The summed E-state index contributed by atoms with van der Waals surface area (Å²) >= 11 is 0. The van der Waals surface area contributed by atoms with Crippen LogP contribution in [0.3, 0.4) is 0 Å². The highest BCUT2D eigenvalue weighted by Crippen LogP contribution is 2.47. The maximum atomic E-state index is 13.4. The fourth-order valence-corrected chi connectivity index (χ4v) is 5.37. The van der Waals surface area contributed by atoms with E-state index in [2.05, 4.69) is 4.90 Å². The van der Waals surface area contributed by atoms with E-state index < -0.39 is 6.10 Å². The van der Waals surface area contributed by atoms with Gasteiger partial charge in [-0.1, -0.05) is 13.8 Å². The first-order chi connectivity index (χ1) is 16.9. The van der Waals surface area contributed by atoms with Gasteiger partial charge in [0.25, 0.3) is 5.56 Å². The number of aliphatic hydroxyl groups is 1. The molecule has 6 rings (SSSR count). The number of nitrogen functional groups attached to an aromatic ring is 1. The standard InChI is InChI=1S/C24H24N4O5.C2H6/c1-32-8-17-14(20(30)7-29)5-19-21-16(6-28(19)23(17)31)22(27-9-24(10-27)11-33-12-24)15-4-13(25)2-3-18(15)26-21;1-2/h2-5,7,20,30H,6,8-12,25H2,1H3;1-2H3. The van der Waals surface area contributed by atoms with Crippen LogP contribution in [0.1, 0.15) is 36.6 Å². The molecule has 2 aromatic heterocycles. The zero-order chi connectivity index (χ0) is 24.9. The third-order valence-electron chi connectivity index (χ3n) is 6.99. The molecular formula is C26H30N4O5. The van der Waals surface area contributed by atoms with Crippen molar-refractivity contribution in [3.05, 3.63) is 51.3 Å². The van der Waals surface area contributed by atoms with Gasteiger partial charge in [-0.25, -0.2) is 4.98 Å². The van der Waals surface area contributed by atoms with Crippen LogP contribution in [-0.4, -0.2) is 54.4 Å². The van der Waals surface area contributed by atoms with Gasteiger partial charge in [-0.3, -0.25) is 4.79 Å². The molecule has 3 aliphatic heterocycles. The predicted octanol–water partition coefficient (Wildman–Crippen LogP) is 2.25. The quantitative estimate of drug-likeness (QED) is 0.331. The highest BCUT2D eigenvalue weighted by atomic mass is 16.5. The zero-order valence-corrected chi connectivity index (χ0v) is 20.2. The second-order valence-corrected chi connectivity index (χ2v) is 9.28. The van der Waals surface area contributed by atoms with Crippen LogP contribution >= 0.6 is 0 Å². The molecule has 1 spiro atoms. The number of carbonyl (C=O) groups is 1. The van der Waals surface area contributed by atoms with Crippen molar-refractivity contribution in [2.24, 2.45) is 5.41 Å². The second-order valence-electron chi connectivity index (χ2n) is 9.28. The summed E-state index contributed by atoms with van der Waals surface area (Å²) in [5.41, 5.74) is 11.3. The van der Waals surface area contributed by atoms with Crippen molar-refractivity contribution in [3.8, 4) is 11.4 Å². The molecule has 0 saturated carbocycles. The Labute approximate surface area is 203 Å². The van der Waals surface area contributed by atoms with Crippen LogP contribution in [0.5, 0.6) is 0 Å². The zero-order valence-electron chi connectivity index (χ0n) is 20.2. The van der Waals surface area contributed by atoms with Crippen LogP contribution in [0.4, 0.5) is 11.4 Å². The number of hydrogen-bond acceptors (Lipinski definition) is 8. The molecule has 0 aliphatic carbocycles. The number of aldehydes is 1. The molecule has 0 bridgehead atoms. The first-order valence-electron chi connectivity index (χ1n) is 11.9. The summed E-state index contributed by atoms with van der Waals surface area (Å²) in [5.74, 6) is 0. The third-order valence-corrected chi connectivity index (χ3v) is 6.99. The first kappa shape index (κ1) is 23.5. The van der Waals surface area contributed by atoms with Crippen molar-refractivity contribution in [2.45, 2.75) is 33.1 Å². The maximum absolute atomic E-state index is 13.4. The van der Waals surface area contributed by atoms with Gasteiger partial charge in [0.1, 0.15) is 6.10 Å². The van der Waals surface area contributed by atoms with Crippen molar-refractivity contribution in [1.29, 1.82) is 0 Å². The molecule has 1 atom stereocenters. The highest BCUT2D eigenvalue weighted by molar-refractivity contribution is 5.99. The lowest BCUT2D eigenvalue weighted by molar-refractivity contribution is -0.126. The number of rotatable bonds is 5. The Morgan fingerprint density at radius 3 is 2.66 bits per heavy atom. The molecule has 35 heavy (non-hydrogen) atoms. The Morgan fingerprint density at radius 2 is 2.03 bits per heavy atom. The van der Waals surface area contributed by atoms with Gasteiger partial charge < -0.3 is 34.6 Å². The van der Waals surface area contributed by atoms with Gasteiger partial charge in [0.2, 0.25) is 0 Å². The SMILES string of the molecule is CC.COCc1c(C(O)C=O)cc2n(c1=O)Cc1c-2nc2ccc(N)cc2c1N1CC2(COC2)C1. The molecule has 9 heteroatoms. The maximum Gasteiger partial charge on any atom is 0.257 e. The van der Waals surface area contributed by atoms with Crippen molar-refractivity contribution < 1.29 is 19.4 Å². The molecule has 3 N–H and O–H groups in total. The summed E-state index contributed by atoms with van der Waals surface area (Å²) in [6, 6.07) is 7.33. The van der Waals surface area contributed by atoms with Crippen LogP contribution in [-0.2, 0) is 27.4 Å². The fourth-order valence-electron chi connectivity index (χ4n) is 5.37. The van der Waals surface area contributed by atoms with E-state index in [4.69, 9.17) is 20.2 Å². The molecule has 5 heterocycles. The number of methoxy groups -OCH3 is 1. The first-order valence-corrected chi connectivity index (χ1v) is 11.9. The number of anilines is 2. The van der Waals surface area contributed by atoms with Crippen molar-refractivity contribution in [3.63, 3.8) is 0 Å². The van der Waals surface area contributed by atoms with Crippen LogP contribution < -0.4 is 16.2 Å². The normalized spacial score (nSPS) is 17.7. The molecule has 1 unspecified atom stereocenters. The van der Waals surface area contributed by atoms with Gasteiger partial charge in [-0.05, 0) is 24.3 Å². The number of benzene rings is 1. The van der Waals surface area contributed by atoms with E-state index in [9.17, 15) is 14.7 Å². The van der Waals surface area contributed by atoms with Crippen LogP contribution in [0.15, 0.2) is 29.1 Å². The van der Waals surface area contributed by atoms with Crippen molar-refractivity contribution >= 4 is 28.6 Å². The van der Waals surface area contributed by atoms with Crippen molar-refractivity contribution in [1.82, 2.24) is 9.55 Å². The van der Waals surface area contributed by atoms with E-state index in [0.717, 1.165) is 48.5 Å². The minimum atomic E-state index is -1.41. The summed E-state index contributed by atoms with van der Waals surface area (Å²) in [4.78, 5) is 32.0. The largest absolute Gasteiger partial charge is 0.399 e. The van der Waals surface area contributed by atoms with E-state index in [-0.39, 0.29) is 28.7 Å². The monoisotopic (exact) mass is 478 g/mol. The fraction of sp³-hybridized carbons (Fsp3) is 0.423. The third kappa shape index (κ3) is 3.53. The molecule has 3 aliphatic rings. The molecule has 2 fully saturated rings. The Bertz CT molecular complexity index is 1370. The van der Waals surface area contributed by atoms with Gasteiger partial charge in [-0.15, -0.1) is 0 Å². The number of aliphatic hydroxyl groups excluding tert-OH is 1. The number of nitrogens with two attached hydrogens (primary N) is 1.